The van der Waals surface area contributed by atoms with Crippen molar-refractivity contribution in [3.05, 3.63) is 33.9 Å². The number of halogens is 3. The Morgan fingerprint density at radius 1 is 1.40 bits per heavy atom. The average molecular weight is 290 g/mol. The monoisotopic (exact) mass is 290 g/mol. The Labute approximate surface area is 112 Å². The maximum atomic E-state index is 12.6. The zero-order valence-electron chi connectivity index (χ0n) is 10.4. The second kappa shape index (κ2) is 5.28. The topological polar surface area (TPSA) is 66.6 Å². The van der Waals surface area contributed by atoms with Gasteiger partial charge in [-0.2, -0.15) is 13.2 Å². The Morgan fingerprint density at radius 3 is 2.50 bits per heavy atom. The van der Waals surface area contributed by atoms with Gasteiger partial charge in [0.15, 0.2) is 0 Å². The van der Waals surface area contributed by atoms with E-state index in [0.29, 0.717) is 12.8 Å². The van der Waals surface area contributed by atoms with Crippen LogP contribution in [0.15, 0.2) is 18.2 Å². The summed E-state index contributed by atoms with van der Waals surface area (Å²) in [6.45, 7) is -1.69. The number of alkyl halides is 3. The van der Waals surface area contributed by atoms with Crippen LogP contribution in [0.5, 0.6) is 0 Å². The molecule has 0 amide bonds. The van der Waals surface area contributed by atoms with E-state index < -0.39 is 24.3 Å². The molecule has 0 heterocycles. The van der Waals surface area contributed by atoms with Crippen LogP contribution in [0.3, 0.4) is 0 Å². The van der Waals surface area contributed by atoms with Crippen LogP contribution in [-0.4, -0.2) is 28.8 Å². The molecule has 1 aromatic rings. The van der Waals surface area contributed by atoms with Crippen LogP contribution < -0.4 is 4.90 Å². The number of nitro benzene ring substituents is 1. The van der Waals surface area contributed by atoms with Gasteiger partial charge in [-0.25, -0.2) is 0 Å². The van der Waals surface area contributed by atoms with Crippen LogP contribution in [0, 0.1) is 10.1 Å². The minimum absolute atomic E-state index is 0.0142. The van der Waals surface area contributed by atoms with Gasteiger partial charge in [0, 0.05) is 17.8 Å². The van der Waals surface area contributed by atoms with E-state index in [9.17, 15) is 23.3 Å². The molecule has 1 fully saturated rings. The SMILES string of the molecule is O=[N+]([O-])c1ccc(N(CC(F)(F)F)C2CC2)cc1CO. The second-order valence-electron chi connectivity index (χ2n) is 4.70. The van der Waals surface area contributed by atoms with Crippen molar-refractivity contribution in [2.24, 2.45) is 0 Å². The molecule has 0 bridgehead atoms. The summed E-state index contributed by atoms with van der Waals surface area (Å²) in [6.07, 6.45) is -3.01. The summed E-state index contributed by atoms with van der Waals surface area (Å²) in [5.74, 6) is 0. The number of rotatable bonds is 5. The first-order chi connectivity index (χ1) is 9.31. The third-order valence-electron chi connectivity index (χ3n) is 3.10. The van der Waals surface area contributed by atoms with E-state index in [0.717, 1.165) is 6.07 Å². The first-order valence-corrected chi connectivity index (χ1v) is 6.03. The lowest BCUT2D eigenvalue weighted by Gasteiger charge is -2.26. The van der Waals surface area contributed by atoms with Gasteiger partial charge in [0.2, 0.25) is 0 Å². The van der Waals surface area contributed by atoms with Gasteiger partial charge < -0.3 is 10.0 Å². The van der Waals surface area contributed by atoms with Crippen molar-refractivity contribution in [1.29, 1.82) is 0 Å². The first-order valence-electron chi connectivity index (χ1n) is 6.03. The van der Waals surface area contributed by atoms with Crippen molar-refractivity contribution in [3.63, 3.8) is 0 Å². The Hall–Kier alpha value is -1.83. The Morgan fingerprint density at radius 2 is 2.05 bits per heavy atom. The molecule has 0 atom stereocenters. The standard InChI is InChI=1S/C12H13F3N2O3/c13-12(14,15)7-16(9-1-2-9)10-3-4-11(17(19)20)8(5-10)6-18/h3-5,9,18H,1-2,6-7H2. The summed E-state index contributed by atoms with van der Waals surface area (Å²) in [6, 6.07) is 3.49. The number of hydrogen-bond acceptors (Lipinski definition) is 4. The Bertz CT molecular complexity index is 515. The van der Waals surface area contributed by atoms with Crippen LogP contribution in [0.4, 0.5) is 24.5 Å². The van der Waals surface area contributed by atoms with Gasteiger partial charge in [0.05, 0.1) is 17.1 Å². The molecule has 1 saturated carbocycles. The summed E-state index contributed by atoms with van der Waals surface area (Å²) >= 11 is 0. The molecule has 1 aromatic carbocycles. The highest BCUT2D eigenvalue weighted by molar-refractivity contribution is 5.57. The molecule has 110 valence electrons. The van der Waals surface area contributed by atoms with Gasteiger partial charge >= 0.3 is 6.18 Å². The Balaban J connectivity index is 2.32. The van der Waals surface area contributed by atoms with Crippen molar-refractivity contribution in [1.82, 2.24) is 0 Å². The van der Waals surface area contributed by atoms with Gasteiger partial charge in [-0.1, -0.05) is 0 Å². The minimum Gasteiger partial charge on any atom is -0.391 e. The third kappa shape index (κ3) is 3.38. The number of nitrogens with zero attached hydrogens (tertiary/aromatic N) is 2. The highest BCUT2D eigenvalue weighted by Gasteiger charge is 2.38. The van der Waals surface area contributed by atoms with Gasteiger partial charge in [-0.15, -0.1) is 0 Å². The lowest BCUT2D eigenvalue weighted by Crippen LogP contribution is -2.36. The highest BCUT2D eigenvalue weighted by Crippen LogP contribution is 2.36. The van der Waals surface area contributed by atoms with Gasteiger partial charge in [-0.05, 0) is 25.0 Å². The molecule has 0 unspecified atom stereocenters. The molecule has 0 radical (unpaired) electrons. The molecule has 0 saturated heterocycles. The van der Waals surface area contributed by atoms with E-state index >= 15 is 0 Å². The zero-order valence-corrected chi connectivity index (χ0v) is 10.4. The largest absolute Gasteiger partial charge is 0.405 e. The summed E-state index contributed by atoms with van der Waals surface area (Å²) in [5.41, 5.74) is -0.0289. The van der Waals surface area contributed by atoms with E-state index in [-0.39, 0.29) is 23.0 Å². The predicted octanol–water partition coefficient (Wildman–Crippen LogP) is 2.62. The van der Waals surface area contributed by atoms with Crippen LogP contribution in [0.2, 0.25) is 0 Å². The molecular formula is C12H13F3N2O3. The predicted molar refractivity (Wildman–Crippen MR) is 65.4 cm³/mol. The molecule has 0 aromatic heterocycles. The van der Waals surface area contributed by atoms with Crippen LogP contribution in [0.1, 0.15) is 18.4 Å². The van der Waals surface area contributed by atoms with Gasteiger partial charge in [0.1, 0.15) is 6.54 Å². The molecule has 1 N–H and O–H groups in total. The smallest absolute Gasteiger partial charge is 0.391 e. The fraction of sp³-hybridized carbons (Fsp3) is 0.500. The van der Waals surface area contributed by atoms with E-state index in [4.69, 9.17) is 5.11 Å². The Kier molecular flexibility index (Phi) is 3.85. The van der Waals surface area contributed by atoms with Crippen molar-refractivity contribution < 1.29 is 23.2 Å². The first kappa shape index (κ1) is 14.6. The van der Waals surface area contributed by atoms with E-state index in [1.54, 1.807) is 0 Å². The minimum atomic E-state index is -4.34. The van der Waals surface area contributed by atoms with E-state index in [1.165, 1.54) is 17.0 Å². The average Bonchev–Trinajstić information content (AvgIpc) is 3.18. The molecule has 5 nitrogen and oxygen atoms in total. The number of hydrogen-bond donors (Lipinski definition) is 1. The summed E-state index contributed by atoms with van der Waals surface area (Å²) in [7, 11) is 0. The van der Waals surface area contributed by atoms with Crippen LogP contribution in [-0.2, 0) is 6.61 Å². The van der Waals surface area contributed by atoms with Crippen LogP contribution in [0.25, 0.3) is 0 Å². The van der Waals surface area contributed by atoms with Gasteiger partial charge in [0.25, 0.3) is 5.69 Å². The lowest BCUT2D eigenvalue weighted by molar-refractivity contribution is -0.385. The fourth-order valence-electron chi connectivity index (χ4n) is 2.07. The summed E-state index contributed by atoms with van der Waals surface area (Å²) in [5, 5.41) is 19.9. The number of aliphatic hydroxyl groups excluding tert-OH is 1. The summed E-state index contributed by atoms with van der Waals surface area (Å²) in [4.78, 5) is 11.3. The van der Waals surface area contributed by atoms with E-state index in [1.807, 2.05) is 0 Å². The van der Waals surface area contributed by atoms with E-state index in [2.05, 4.69) is 0 Å². The maximum absolute atomic E-state index is 12.6. The van der Waals surface area contributed by atoms with Crippen molar-refractivity contribution in [2.75, 3.05) is 11.4 Å². The molecule has 2 rings (SSSR count). The summed E-state index contributed by atoms with van der Waals surface area (Å²) < 4.78 is 37.7. The molecule has 0 aliphatic heterocycles. The van der Waals surface area contributed by atoms with Gasteiger partial charge in [-0.3, -0.25) is 10.1 Å². The number of benzene rings is 1. The molecule has 0 spiro atoms. The lowest BCUT2D eigenvalue weighted by atomic mass is 10.1. The quantitative estimate of drug-likeness (QED) is 0.668. The van der Waals surface area contributed by atoms with Crippen LogP contribution >= 0.6 is 0 Å². The zero-order chi connectivity index (χ0) is 14.9. The van der Waals surface area contributed by atoms with Crippen molar-refractivity contribution in [3.8, 4) is 0 Å². The molecule has 20 heavy (non-hydrogen) atoms. The maximum Gasteiger partial charge on any atom is 0.405 e. The van der Waals surface area contributed by atoms with Crippen molar-refractivity contribution in [2.45, 2.75) is 31.7 Å². The molecule has 1 aliphatic rings. The number of aliphatic hydroxyl groups is 1. The number of anilines is 1. The highest BCUT2D eigenvalue weighted by atomic mass is 19.4. The number of nitro groups is 1. The fourth-order valence-corrected chi connectivity index (χ4v) is 2.07. The normalized spacial score (nSPS) is 15.2. The second-order valence-corrected chi connectivity index (χ2v) is 4.70. The molecule has 1 aliphatic carbocycles. The molecule has 8 heteroatoms. The third-order valence-corrected chi connectivity index (χ3v) is 3.10. The molecular weight excluding hydrogens is 277 g/mol. The van der Waals surface area contributed by atoms with Crippen molar-refractivity contribution >= 4 is 11.4 Å².